The van der Waals surface area contributed by atoms with Crippen molar-refractivity contribution in [3.63, 3.8) is 0 Å². The molecular formula is C16H15O4. The summed E-state index contributed by atoms with van der Waals surface area (Å²) in [5, 5.41) is 2.10. The average Bonchev–Trinajstić information content (AvgIpc) is 2.50. The number of rotatable bonds is 6. The van der Waals surface area contributed by atoms with Gasteiger partial charge in [-0.15, -0.1) is 0 Å². The maximum Gasteiger partial charge on any atom is 0.316 e. The molecule has 0 fully saturated rings. The summed E-state index contributed by atoms with van der Waals surface area (Å²) in [5.41, 5.74) is 0. The standard InChI is InChI=1S/C16H15O4/c1-12(11-17)16(18)20-10-9-19-15-8-4-6-13-5-2-3-7-14(13)15/h2-8,12H,9-10H2,1H3. The molecular weight excluding hydrogens is 256 g/mol. The SMILES string of the molecule is CC([C]=O)C(=O)OCCOc1cccc2ccccc12. The van der Waals surface area contributed by atoms with E-state index in [0.29, 0.717) is 0 Å². The summed E-state index contributed by atoms with van der Waals surface area (Å²) in [6.45, 7) is 1.79. The average molecular weight is 271 g/mol. The molecule has 0 aliphatic carbocycles. The first-order chi connectivity index (χ1) is 9.72. The van der Waals surface area contributed by atoms with E-state index >= 15 is 0 Å². The second-order valence-corrected chi connectivity index (χ2v) is 4.33. The molecule has 2 aromatic rings. The maximum atomic E-state index is 11.3. The summed E-state index contributed by atoms with van der Waals surface area (Å²) >= 11 is 0. The summed E-state index contributed by atoms with van der Waals surface area (Å²) in [6, 6.07) is 13.7. The summed E-state index contributed by atoms with van der Waals surface area (Å²) in [4.78, 5) is 21.5. The number of benzene rings is 2. The number of hydrogen-bond acceptors (Lipinski definition) is 4. The lowest BCUT2D eigenvalue weighted by molar-refractivity contribution is -0.146. The van der Waals surface area contributed by atoms with E-state index in [4.69, 9.17) is 9.47 Å². The van der Waals surface area contributed by atoms with Crippen molar-refractivity contribution in [1.82, 2.24) is 0 Å². The van der Waals surface area contributed by atoms with Crippen LogP contribution in [0, 0.1) is 5.92 Å². The number of hydrogen-bond donors (Lipinski definition) is 0. The highest BCUT2D eigenvalue weighted by atomic mass is 16.6. The predicted molar refractivity (Wildman–Crippen MR) is 75.3 cm³/mol. The minimum Gasteiger partial charge on any atom is -0.489 e. The van der Waals surface area contributed by atoms with E-state index < -0.39 is 11.9 Å². The third-order valence-corrected chi connectivity index (χ3v) is 2.87. The van der Waals surface area contributed by atoms with Gasteiger partial charge in [0.25, 0.3) is 0 Å². The first kappa shape index (κ1) is 14.1. The van der Waals surface area contributed by atoms with Crippen molar-refractivity contribution >= 4 is 23.0 Å². The third kappa shape index (κ3) is 3.35. The number of carbonyl (C=O) groups excluding carboxylic acids is 2. The van der Waals surface area contributed by atoms with Crippen molar-refractivity contribution in [1.29, 1.82) is 0 Å². The summed E-state index contributed by atoms with van der Waals surface area (Å²) < 4.78 is 10.5. The Bertz CT molecular complexity index is 601. The van der Waals surface area contributed by atoms with E-state index in [1.807, 2.05) is 42.5 Å². The lowest BCUT2D eigenvalue weighted by atomic mass is 10.1. The van der Waals surface area contributed by atoms with Crippen molar-refractivity contribution in [2.75, 3.05) is 13.2 Å². The summed E-state index contributed by atoms with van der Waals surface area (Å²) in [7, 11) is 0. The van der Waals surface area contributed by atoms with Crippen molar-refractivity contribution < 1.29 is 19.1 Å². The Morgan fingerprint density at radius 1 is 1.15 bits per heavy atom. The highest BCUT2D eigenvalue weighted by molar-refractivity contribution is 5.88. The van der Waals surface area contributed by atoms with E-state index in [1.165, 1.54) is 6.92 Å². The molecule has 0 saturated carbocycles. The van der Waals surface area contributed by atoms with E-state index in [9.17, 15) is 9.59 Å². The Kier molecular flexibility index (Phi) is 4.71. The third-order valence-electron chi connectivity index (χ3n) is 2.87. The van der Waals surface area contributed by atoms with Crippen LogP contribution in [-0.2, 0) is 14.3 Å². The van der Waals surface area contributed by atoms with Gasteiger partial charge in [0.2, 0.25) is 6.29 Å². The molecule has 0 amide bonds. The number of esters is 1. The maximum absolute atomic E-state index is 11.3. The molecule has 1 radical (unpaired) electrons. The quantitative estimate of drug-likeness (QED) is 0.460. The normalized spacial score (nSPS) is 11.8. The molecule has 0 N–H and O–H groups in total. The molecule has 0 heterocycles. The second kappa shape index (κ2) is 6.70. The highest BCUT2D eigenvalue weighted by Crippen LogP contribution is 2.24. The van der Waals surface area contributed by atoms with Crippen LogP contribution in [0.3, 0.4) is 0 Å². The van der Waals surface area contributed by atoms with Gasteiger partial charge < -0.3 is 9.47 Å². The van der Waals surface area contributed by atoms with Crippen LogP contribution in [0.15, 0.2) is 42.5 Å². The monoisotopic (exact) mass is 271 g/mol. The smallest absolute Gasteiger partial charge is 0.316 e. The van der Waals surface area contributed by atoms with Gasteiger partial charge in [-0.1, -0.05) is 36.4 Å². The second-order valence-electron chi connectivity index (χ2n) is 4.33. The molecule has 0 aliphatic heterocycles. The summed E-state index contributed by atoms with van der Waals surface area (Å²) in [5.74, 6) is -0.691. The van der Waals surface area contributed by atoms with Gasteiger partial charge in [0.1, 0.15) is 24.9 Å². The first-order valence-corrected chi connectivity index (χ1v) is 6.37. The minimum absolute atomic E-state index is 0.105. The zero-order valence-electron chi connectivity index (χ0n) is 11.2. The summed E-state index contributed by atoms with van der Waals surface area (Å²) in [6.07, 6.45) is 1.58. The molecule has 4 nitrogen and oxygen atoms in total. The first-order valence-electron chi connectivity index (χ1n) is 6.37. The zero-order valence-corrected chi connectivity index (χ0v) is 11.2. The molecule has 0 aromatic heterocycles. The molecule has 0 bridgehead atoms. The Morgan fingerprint density at radius 2 is 1.90 bits per heavy atom. The molecule has 2 rings (SSSR count). The van der Waals surface area contributed by atoms with Gasteiger partial charge in [0.15, 0.2) is 0 Å². The number of carbonyl (C=O) groups is 1. The minimum atomic E-state index is -0.854. The lowest BCUT2D eigenvalue weighted by Gasteiger charge is -2.10. The fraction of sp³-hybridized carbons (Fsp3) is 0.250. The van der Waals surface area contributed by atoms with Crippen molar-refractivity contribution in [3.8, 4) is 5.75 Å². The van der Waals surface area contributed by atoms with Gasteiger partial charge in [-0.2, -0.15) is 0 Å². The van der Waals surface area contributed by atoms with Gasteiger partial charge in [0, 0.05) is 5.39 Å². The topological polar surface area (TPSA) is 52.6 Å². The number of ether oxygens (including phenoxy) is 2. The van der Waals surface area contributed by atoms with Crippen LogP contribution in [0.2, 0.25) is 0 Å². The van der Waals surface area contributed by atoms with E-state index in [0.717, 1.165) is 16.5 Å². The lowest BCUT2D eigenvalue weighted by Crippen LogP contribution is -2.19. The Balaban J connectivity index is 1.90. The molecule has 20 heavy (non-hydrogen) atoms. The van der Waals surface area contributed by atoms with Crippen LogP contribution in [-0.4, -0.2) is 25.5 Å². The largest absolute Gasteiger partial charge is 0.489 e. The van der Waals surface area contributed by atoms with E-state index in [1.54, 1.807) is 6.29 Å². The molecule has 0 spiro atoms. The molecule has 4 heteroatoms. The van der Waals surface area contributed by atoms with E-state index in [-0.39, 0.29) is 13.2 Å². The van der Waals surface area contributed by atoms with Gasteiger partial charge >= 0.3 is 5.97 Å². The Morgan fingerprint density at radius 3 is 2.70 bits per heavy atom. The van der Waals surface area contributed by atoms with Gasteiger partial charge in [-0.3, -0.25) is 9.59 Å². The van der Waals surface area contributed by atoms with Gasteiger partial charge in [-0.05, 0) is 18.4 Å². The Hall–Kier alpha value is -2.36. The highest BCUT2D eigenvalue weighted by Gasteiger charge is 2.13. The molecule has 0 aliphatic rings. The van der Waals surface area contributed by atoms with Crippen molar-refractivity contribution in [2.24, 2.45) is 5.92 Å². The van der Waals surface area contributed by atoms with E-state index in [2.05, 4.69) is 0 Å². The van der Waals surface area contributed by atoms with Crippen molar-refractivity contribution in [2.45, 2.75) is 6.92 Å². The van der Waals surface area contributed by atoms with Crippen LogP contribution >= 0.6 is 0 Å². The molecule has 1 unspecified atom stereocenters. The Labute approximate surface area is 117 Å². The molecule has 103 valence electrons. The van der Waals surface area contributed by atoms with Crippen LogP contribution in [0.1, 0.15) is 6.92 Å². The van der Waals surface area contributed by atoms with Crippen LogP contribution in [0.4, 0.5) is 0 Å². The molecule has 0 saturated heterocycles. The fourth-order valence-electron chi connectivity index (χ4n) is 1.79. The van der Waals surface area contributed by atoms with Crippen LogP contribution < -0.4 is 4.74 Å². The predicted octanol–water partition coefficient (Wildman–Crippen LogP) is 2.51. The van der Waals surface area contributed by atoms with Crippen LogP contribution in [0.5, 0.6) is 5.75 Å². The van der Waals surface area contributed by atoms with Crippen molar-refractivity contribution in [3.05, 3.63) is 42.5 Å². The van der Waals surface area contributed by atoms with Gasteiger partial charge in [0.05, 0.1) is 0 Å². The number of fused-ring (bicyclic) bond motifs is 1. The van der Waals surface area contributed by atoms with Crippen LogP contribution in [0.25, 0.3) is 10.8 Å². The fourth-order valence-corrected chi connectivity index (χ4v) is 1.79. The molecule has 2 aromatic carbocycles. The molecule has 1 atom stereocenters. The zero-order chi connectivity index (χ0) is 14.4. The van der Waals surface area contributed by atoms with Gasteiger partial charge in [-0.25, -0.2) is 0 Å².